The Morgan fingerprint density at radius 1 is 1.08 bits per heavy atom. The molecule has 0 bridgehead atoms. The summed E-state index contributed by atoms with van der Waals surface area (Å²) < 4.78 is 5.87. The molecule has 0 saturated carbocycles. The number of ether oxygens (including phenoxy) is 1. The van der Waals surface area contributed by atoms with E-state index in [0.717, 1.165) is 0 Å². The largest absolute Gasteiger partial charge is 0.484 e. The van der Waals surface area contributed by atoms with Crippen LogP contribution in [-0.2, 0) is 9.59 Å². The van der Waals surface area contributed by atoms with E-state index in [-0.39, 0.29) is 6.42 Å². The van der Waals surface area contributed by atoms with Crippen LogP contribution < -0.4 is 4.74 Å². The van der Waals surface area contributed by atoms with Gasteiger partial charge in [0.25, 0.3) is 0 Å². The molecule has 5 nitrogen and oxygen atoms in total. The number of hydrogen-bond acceptors (Lipinski definition) is 5. The van der Waals surface area contributed by atoms with E-state index in [1.807, 2.05) is 12.1 Å². The highest BCUT2D eigenvalue weighted by Crippen LogP contribution is 2.57. The Morgan fingerprint density at radius 3 is 2.27 bits per heavy atom. The van der Waals surface area contributed by atoms with Gasteiger partial charge in [-0.05, 0) is 31.6 Å². The van der Waals surface area contributed by atoms with Gasteiger partial charge in [0.15, 0.2) is 16.6 Å². The fraction of sp³-hybridized carbons (Fsp3) is 0.263. The number of ketones is 2. The summed E-state index contributed by atoms with van der Waals surface area (Å²) in [6.45, 7) is 1.70. The topological polar surface area (TPSA) is 90.9 Å². The summed E-state index contributed by atoms with van der Waals surface area (Å²) in [6.07, 6.45) is 0.315. The zero-order valence-electron chi connectivity index (χ0n) is 13.6. The standard InChI is InChI=1S/C19H12Cl2N2O3/c1-11-7-13(26-12-5-3-2-4-6-12)19(10-23)17(25)15(21)14(20)16(24)18(19,8-11)9-22/h2-7,13H,8H2,1H3/t13-,18+,19+/m1/s1. The third-order valence-corrected chi connectivity index (χ3v) is 5.61. The minimum atomic E-state index is -2.12. The summed E-state index contributed by atoms with van der Waals surface area (Å²) in [5.74, 6) is -1.32. The zero-order chi connectivity index (χ0) is 19.1. The molecule has 0 unspecified atom stereocenters. The van der Waals surface area contributed by atoms with Crippen LogP contribution in [0.15, 0.2) is 52.0 Å². The number of carbonyl (C=O) groups is 2. The molecule has 0 amide bonds. The molecular formula is C19H12Cl2N2O3. The normalized spacial score (nSPS) is 30.8. The highest BCUT2D eigenvalue weighted by Gasteiger charge is 2.71. The Labute approximate surface area is 160 Å². The number of nitrogens with zero attached hydrogens (tertiary/aromatic N) is 2. The van der Waals surface area contributed by atoms with Crippen molar-refractivity contribution in [2.45, 2.75) is 19.4 Å². The molecule has 3 rings (SSSR count). The number of fused-ring (bicyclic) bond motifs is 1. The summed E-state index contributed by atoms with van der Waals surface area (Å²) in [5, 5.41) is 18.8. The molecule has 2 aliphatic rings. The number of rotatable bonds is 2. The van der Waals surface area contributed by atoms with Crippen molar-refractivity contribution in [2.24, 2.45) is 10.8 Å². The molecule has 130 valence electrons. The van der Waals surface area contributed by atoms with Crippen LogP contribution in [0.4, 0.5) is 0 Å². The average Bonchev–Trinajstić information content (AvgIpc) is 2.65. The van der Waals surface area contributed by atoms with Gasteiger partial charge in [-0.3, -0.25) is 9.59 Å². The number of allylic oxidation sites excluding steroid dienone is 3. The van der Waals surface area contributed by atoms with Gasteiger partial charge in [-0.2, -0.15) is 10.5 Å². The molecule has 0 aliphatic heterocycles. The molecule has 0 saturated heterocycles. The van der Waals surface area contributed by atoms with Gasteiger partial charge >= 0.3 is 0 Å². The van der Waals surface area contributed by atoms with Crippen molar-refractivity contribution in [2.75, 3.05) is 0 Å². The minimum Gasteiger partial charge on any atom is -0.484 e. The molecule has 0 fully saturated rings. The van der Waals surface area contributed by atoms with Crippen molar-refractivity contribution in [1.82, 2.24) is 0 Å². The lowest BCUT2D eigenvalue weighted by Gasteiger charge is -2.47. The maximum absolute atomic E-state index is 13.0. The third-order valence-electron chi connectivity index (χ3n) is 4.79. The molecule has 0 aromatic heterocycles. The number of para-hydroxylation sites is 1. The van der Waals surface area contributed by atoms with Crippen molar-refractivity contribution in [1.29, 1.82) is 10.5 Å². The van der Waals surface area contributed by atoms with Crippen molar-refractivity contribution >= 4 is 34.8 Å². The summed E-state index contributed by atoms with van der Waals surface area (Å²) >= 11 is 11.9. The summed E-state index contributed by atoms with van der Waals surface area (Å²) in [6, 6.07) is 12.3. The third kappa shape index (κ3) is 2.22. The van der Waals surface area contributed by atoms with E-state index in [0.29, 0.717) is 11.3 Å². The highest BCUT2D eigenvalue weighted by molar-refractivity contribution is 6.57. The van der Waals surface area contributed by atoms with E-state index < -0.39 is 38.6 Å². The maximum Gasteiger partial charge on any atom is 0.202 e. The van der Waals surface area contributed by atoms with Crippen LogP contribution in [0, 0.1) is 33.5 Å². The van der Waals surface area contributed by atoms with Crippen LogP contribution in [0.1, 0.15) is 13.3 Å². The van der Waals surface area contributed by atoms with E-state index in [1.165, 1.54) is 0 Å². The second-order valence-corrected chi connectivity index (χ2v) is 7.02. The minimum absolute atomic E-state index is 0.101. The molecule has 7 heteroatoms. The van der Waals surface area contributed by atoms with E-state index in [2.05, 4.69) is 0 Å². The first-order valence-corrected chi connectivity index (χ1v) is 8.46. The number of Topliss-reactive ketones (excluding diaryl/α,β-unsaturated/α-hetero) is 2. The first-order valence-electron chi connectivity index (χ1n) is 7.70. The van der Waals surface area contributed by atoms with Crippen LogP contribution in [0.3, 0.4) is 0 Å². The predicted octanol–water partition coefficient (Wildman–Crippen LogP) is 3.64. The van der Waals surface area contributed by atoms with Crippen molar-refractivity contribution in [3.05, 3.63) is 52.0 Å². The number of benzene rings is 1. The Hall–Kier alpha value is -2.60. The van der Waals surface area contributed by atoms with E-state index >= 15 is 0 Å². The van der Waals surface area contributed by atoms with Crippen LogP contribution in [0.25, 0.3) is 0 Å². The Balaban J connectivity index is 2.28. The fourth-order valence-electron chi connectivity index (χ4n) is 3.54. The Kier molecular flexibility index (Phi) is 4.40. The molecule has 1 aromatic carbocycles. The molecular weight excluding hydrogens is 375 g/mol. The Morgan fingerprint density at radius 2 is 1.69 bits per heavy atom. The first kappa shape index (κ1) is 18.2. The second-order valence-electron chi connectivity index (χ2n) is 6.26. The summed E-state index contributed by atoms with van der Waals surface area (Å²) in [4.78, 5) is 25.9. The molecule has 1 aromatic rings. The average molecular weight is 387 g/mol. The van der Waals surface area contributed by atoms with Crippen LogP contribution in [0.5, 0.6) is 5.75 Å². The number of nitriles is 2. The fourth-order valence-corrected chi connectivity index (χ4v) is 4.02. The van der Waals surface area contributed by atoms with Gasteiger partial charge < -0.3 is 4.74 Å². The molecule has 26 heavy (non-hydrogen) atoms. The van der Waals surface area contributed by atoms with Crippen molar-refractivity contribution in [3.8, 4) is 17.9 Å². The predicted molar refractivity (Wildman–Crippen MR) is 94.1 cm³/mol. The lowest BCUT2D eigenvalue weighted by atomic mass is 9.51. The smallest absolute Gasteiger partial charge is 0.202 e. The zero-order valence-corrected chi connectivity index (χ0v) is 15.1. The van der Waals surface area contributed by atoms with Crippen LogP contribution >= 0.6 is 23.2 Å². The maximum atomic E-state index is 13.0. The number of hydrogen-bond donors (Lipinski definition) is 0. The first-order chi connectivity index (χ1) is 12.3. The number of halogens is 2. The van der Waals surface area contributed by atoms with Gasteiger partial charge in [0.1, 0.15) is 21.9 Å². The lowest BCUT2D eigenvalue weighted by Crippen LogP contribution is -2.62. The highest BCUT2D eigenvalue weighted by atomic mass is 35.5. The van der Waals surface area contributed by atoms with Crippen molar-refractivity contribution in [3.63, 3.8) is 0 Å². The SMILES string of the molecule is CC1=C[C@@H](Oc2ccccc2)[C@@]2(C#N)C(=O)C(Cl)=C(Cl)C(=O)[C@@]2(C#N)C1. The summed E-state index contributed by atoms with van der Waals surface area (Å²) in [7, 11) is 0. The molecule has 0 radical (unpaired) electrons. The number of carbonyl (C=O) groups excluding carboxylic acids is 2. The monoisotopic (exact) mass is 386 g/mol. The molecule has 0 spiro atoms. The van der Waals surface area contributed by atoms with Gasteiger partial charge in [0, 0.05) is 0 Å². The van der Waals surface area contributed by atoms with Gasteiger partial charge in [-0.25, -0.2) is 0 Å². The van der Waals surface area contributed by atoms with E-state index in [9.17, 15) is 20.1 Å². The molecule has 0 N–H and O–H groups in total. The molecule has 0 heterocycles. The van der Waals surface area contributed by atoms with Crippen LogP contribution in [0.2, 0.25) is 0 Å². The second kappa shape index (κ2) is 6.29. The molecule has 3 atom stereocenters. The van der Waals surface area contributed by atoms with Gasteiger partial charge in [0.05, 0.1) is 12.1 Å². The van der Waals surface area contributed by atoms with Gasteiger partial charge in [0.2, 0.25) is 5.78 Å². The van der Waals surface area contributed by atoms with Crippen molar-refractivity contribution < 1.29 is 14.3 Å². The van der Waals surface area contributed by atoms with Gasteiger partial charge in [-0.1, -0.05) is 47.0 Å². The van der Waals surface area contributed by atoms with E-state index in [1.54, 1.807) is 43.3 Å². The van der Waals surface area contributed by atoms with Crippen LogP contribution in [-0.4, -0.2) is 17.7 Å². The lowest BCUT2D eigenvalue weighted by molar-refractivity contribution is -0.143. The Bertz CT molecular complexity index is 955. The summed E-state index contributed by atoms with van der Waals surface area (Å²) in [5.41, 5.74) is -3.47. The van der Waals surface area contributed by atoms with E-state index in [4.69, 9.17) is 27.9 Å². The quantitative estimate of drug-likeness (QED) is 0.723. The van der Waals surface area contributed by atoms with Gasteiger partial charge in [-0.15, -0.1) is 0 Å². The molecule has 2 aliphatic carbocycles.